The molecule has 1 N–H and O–H groups in total. The summed E-state index contributed by atoms with van der Waals surface area (Å²) in [6.45, 7) is 3.03. The lowest BCUT2D eigenvalue weighted by atomic mass is 10.2. The van der Waals surface area contributed by atoms with Gasteiger partial charge in [0.2, 0.25) is 0 Å². The fraction of sp³-hybridized carbons (Fsp3) is 0.312. The number of nitrogens with zero attached hydrogens (tertiary/aromatic N) is 1. The second-order valence-corrected chi connectivity index (χ2v) is 5.80. The zero-order chi connectivity index (χ0) is 17.5. The SMILES string of the molecule is COc1cc(C)ccc1OCC(=O)OCC(=O)Nc1nc(C)cs1. The molecular weight excluding hydrogens is 332 g/mol. The number of ether oxygens (including phenoxy) is 3. The van der Waals surface area contributed by atoms with Crippen molar-refractivity contribution in [1.29, 1.82) is 0 Å². The molecule has 0 aliphatic rings. The summed E-state index contributed by atoms with van der Waals surface area (Å²) in [5.41, 5.74) is 1.82. The van der Waals surface area contributed by atoms with Crippen molar-refractivity contribution >= 4 is 28.3 Å². The van der Waals surface area contributed by atoms with Gasteiger partial charge in [-0.25, -0.2) is 9.78 Å². The monoisotopic (exact) mass is 350 g/mol. The zero-order valence-corrected chi connectivity index (χ0v) is 14.4. The summed E-state index contributed by atoms with van der Waals surface area (Å²) in [5.74, 6) is -0.142. The number of aryl methyl sites for hydroxylation is 2. The van der Waals surface area contributed by atoms with Gasteiger partial charge in [0.25, 0.3) is 5.91 Å². The lowest BCUT2D eigenvalue weighted by Crippen LogP contribution is -2.23. The Morgan fingerprint density at radius 2 is 2.00 bits per heavy atom. The number of benzene rings is 1. The zero-order valence-electron chi connectivity index (χ0n) is 13.6. The first kappa shape index (κ1) is 17.7. The molecule has 128 valence electrons. The Kier molecular flexibility index (Phi) is 6.14. The van der Waals surface area contributed by atoms with Crippen molar-refractivity contribution in [3.05, 3.63) is 34.8 Å². The molecule has 0 aliphatic heterocycles. The molecule has 0 atom stereocenters. The highest BCUT2D eigenvalue weighted by Gasteiger charge is 2.12. The molecule has 0 bridgehead atoms. The van der Waals surface area contributed by atoms with Gasteiger partial charge in [0.05, 0.1) is 12.8 Å². The van der Waals surface area contributed by atoms with Gasteiger partial charge in [0.1, 0.15) is 0 Å². The molecule has 8 heteroatoms. The fourth-order valence-electron chi connectivity index (χ4n) is 1.79. The maximum Gasteiger partial charge on any atom is 0.344 e. The van der Waals surface area contributed by atoms with E-state index in [0.29, 0.717) is 16.6 Å². The van der Waals surface area contributed by atoms with Crippen LogP contribution in [0.25, 0.3) is 0 Å². The van der Waals surface area contributed by atoms with Gasteiger partial charge in [0.15, 0.2) is 29.8 Å². The minimum atomic E-state index is -0.650. The summed E-state index contributed by atoms with van der Waals surface area (Å²) in [6.07, 6.45) is 0. The highest BCUT2D eigenvalue weighted by atomic mass is 32.1. The van der Waals surface area contributed by atoms with Gasteiger partial charge in [-0.2, -0.15) is 0 Å². The Morgan fingerprint density at radius 3 is 2.67 bits per heavy atom. The molecule has 2 rings (SSSR count). The van der Waals surface area contributed by atoms with Gasteiger partial charge in [-0.05, 0) is 31.5 Å². The number of anilines is 1. The van der Waals surface area contributed by atoms with Crippen LogP contribution in [0.5, 0.6) is 11.5 Å². The molecule has 1 aromatic heterocycles. The van der Waals surface area contributed by atoms with E-state index in [4.69, 9.17) is 14.2 Å². The third-order valence-electron chi connectivity index (χ3n) is 2.89. The predicted octanol–water partition coefficient (Wildman–Crippen LogP) is 2.33. The number of amides is 1. The van der Waals surface area contributed by atoms with Crippen molar-refractivity contribution in [2.24, 2.45) is 0 Å². The van der Waals surface area contributed by atoms with Crippen LogP contribution < -0.4 is 14.8 Å². The Labute approximate surface area is 143 Å². The van der Waals surface area contributed by atoms with Crippen LogP contribution in [0.4, 0.5) is 5.13 Å². The standard InChI is InChI=1S/C16H18N2O5S/c1-10-4-5-12(13(6-10)21-3)22-8-15(20)23-7-14(19)18-16-17-11(2)9-24-16/h4-6,9H,7-8H2,1-3H3,(H,17,18,19). The molecule has 7 nitrogen and oxygen atoms in total. The van der Waals surface area contributed by atoms with Gasteiger partial charge in [0, 0.05) is 5.38 Å². The largest absolute Gasteiger partial charge is 0.493 e. The van der Waals surface area contributed by atoms with Crippen LogP contribution in [0.1, 0.15) is 11.3 Å². The van der Waals surface area contributed by atoms with E-state index in [1.807, 2.05) is 25.3 Å². The first-order valence-electron chi connectivity index (χ1n) is 7.13. The first-order chi connectivity index (χ1) is 11.5. The number of hydrogen-bond donors (Lipinski definition) is 1. The summed E-state index contributed by atoms with van der Waals surface area (Å²) in [4.78, 5) is 27.4. The Balaban J connectivity index is 1.76. The summed E-state index contributed by atoms with van der Waals surface area (Å²) >= 11 is 1.30. The van der Waals surface area contributed by atoms with E-state index in [1.165, 1.54) is 18.4 Å². The second kappa shape index (κ2) is 8.30. The van der Waals surface area contributed by atoms with Crippen LogP contribution in [-0.4, -0.2) is 37.2 Å². The van der Waals surface area contributed by atoms with Gasteiger partial charge >= 0.3 is 5.97 Å². The lowest BCUT2D eigenvalue weighted by Gasteiger charge is -2.11. The van der Waals surface area contributed by atoms with Crippen molar-refractivity contribution in [2.75, 3.05) is 25.6 Å². The molecule has 0 saturated carbocycles. The maximum atomic E-state index is 11.7. The van der Waals surface area contributed by atoms with Crippen molar-refractivity contribution in [3.63, 3.8) is 0 Å². The van der Waals surface area contributed by atoms with Crippen LogP contribution in [0.15, 0.2) is 23.6 Å². The van der Waals surface area contributed by atoms with E-state index in [2.05, 4.69) is 10.3 Å². The Bertz CT molecular complexity index is 729. The molecule has 0 aliphatic carbocycles. The molecular formula is C16H18N2O5S. The predicted molar refractivity (Wildman–Crippen MR) is 89.7 cm³/mol. The number of carbonyl (C=O) groups excluding carboxylic acids is 2. The molecule has 0 unspecified atom stereocenters. The first-order valence-corrected chi connectivity index (χ1v) is 8.01. The molecule has 0 saturated heterocycles. The summed E-state index contributed by atoms with van der Waals surface area (Å²) in [5, 5.41) is 4.82. The molecule has 0 radical (unpaired) electrons. The molecule has 2 aromatic rings. The van der Waals surface area contributed by atoms with Crippen LogP contribution >= 0.6 is 11.3 Å². The number of methoxy groups -OCH3 is 1. The molecule has 1 heterocycles. The number of hydrogen-bond acceptors (Lipinski definition) is 7. The Hall–Kier alpha value is -2.61. The highest BCUT2D eigenvalue weighted by Crippen LogP contribution is 2.27. The summed E-state index contributed by atoms with van der Waals surface area (Å²) in [6, 6.07) is 5.34. The van der Waals surface area contributed by atoms with E-state index in [9.17, 15) is 9.59 Å². The number of aromatic nitrogens is 1. The lowest BCUT2D eigenvalue weighted by molar-refractivity contribution is -0.149. The number of nitrogens with one attached hydrogen (secondary N) is 1. The van der Waals surface area contributed by atoms with Crippen molar-refractivity contribution in [1.82, 2.24) is 4.98 Å². The highest BCUT2D eigenvalue weighted by molar-refractivity contribution is 7.13. The van der Waals surface area contributed by atoms with E-state index >= 15 is 0 Å². The Morgan fingerprint density at radius 1 is 1.21 bits per heavy atom. The van der Waals surface area contributed by atoms with Gasteiger partial charge in [-0.1, -0.05) is 6.07 Å². The third kappa shape index (κ3) is 5.24. The minimum absolute atomic E-state index is 0.316. The second-order valence-electron chi connectivity index (χ2n) is 4.95. The summed E-state index contributed by atoms with van der Waals surface area (Å²) < 4.78 is 15.4. The van der Waals surface area contributed by atoms with Crippen LogP contribution in [0.2, 0.25) is 0 Å². The molecule has 1 aromatic carbocycles. The van der Waals surface area contributed by atoms with E-state index in [1.54, 1.807) is 12.1 Å². The topological polar surface area (TPSA) is 86.8 Å². The smallest absolute Gasteiger partial charge is 0.344 e. The van der Waals surface area contributed by atoms with Crippen molar-refractivity contribution in [3.8, 4) is 11.5 Å². The van der Waals surface area contributed by atoms with Gasteiger partial charge in [-0.3, -0.25) is 10.1 Å². The molecule has 1 amide bonds. The normalized spacial score (nSPS) is 10.1. The molecule has 0 spiro atoms. The molecule has 24 heavy (non-hydrogen) atoms. The average Bonchev–Trinajstić information content (AvgIpc) is 2.96. The minimum Gasteiger partial charge on any atom is -0.493 e. The number of esters is 1. The number of carbonyl (C=O) groups is 2. The van der Waals surface area contributed by atoms with Gasteiger partial charge in [-0.15, -0.1) is 11.3 Å². The average molecular weight is 350 g/mol. The fourth-order valence-corrected chi connectivity index (χ4v) is 2.49. The quantitative estimate of drug-likeness (QED) is 0.771. The van der Waals surface area contributed by atoms with Crippen molar-refractivity contribution in [2.45, 2.75) is 13.8 Å². The van der Waals surface area contributed by atoms with Crippen LogP contribution in [0, 0.1) is 13.8 Å². The van der Waals surface area contributed by atoms with Crippen LogP contribution in [0.3, 0.4) is 0 Å². The third-order valence-corrected chi connectivity index (χ3v) is 3.77. The molecule has 0 fully saturated rings. The van der Waals surface area contributed by atoms with E-state index in [0.717, 1.165) is 11.3 Å². The van der Waals surface area contributed by atoms with E-state index < -0.39 is 18.5 Å². The maximum absolute atomic E-state index is 11.7. The number of thiazole rings is 1. The van der Waals surface area contributed by atoms with Gasteiger partial charge < -0.3 is 14.2 Å². The number of rotatable bonds is 7. The van der Waals surface area contributed by atoms with Crippen molar-refractivity contribution < 1.29 is 23.8 Å². The summed E-state index contributed by atoms with van der Waals surface area (Å²) in [7, 11) is 1.52. The van der Waals surface area contributed by atoms with E-state index in [-0.39, 0.29) is 6.61 Å². The van der Waals surface area contributed by atoms with Crippen LogP contribution in [-0.2, 0) is 14.3 Å².